The van der Waals surface area contributed by atoms with Crippen LogP contribution in [0.1, 0.15) is 24.8 Å². The van der Waals surface area contributed by atoms with E-state index in [4.69, 9.17) is 28.9 Å². The van der Waals surface area contributed by atoms with Gasteiger partial charge in [-0.3, -0.25) is 0 Å². The highest BCUT2D eigenvalue weighted by Crippen LogP contribution is 2.29. The molecular formula is C11H14Cl2N2. The topological polar surface area (TPSA) is 38.0 Å². The van der Waals surface area contributed by atoms with E-state index in [0.717, 1.165) is 12.1 Å². The Morgan fingerprint density at radius 1 is 1.27 bits per heavy atom. The summed E-state index contributed by atoms with van der Waals surface area (Å²) >= 11 is 11.9. The van der Waals surface area contributed by atoms with Gasteiger partial charge in [0, 0.05) is 12.6 Å². The second kappa shape index (κ2) is 4.60. The lowest BCUT2D eigenvalue weighted by Crippen LogP contribution is -2.34. The Kier molecular flexibility index (Phi) is 3.39. The van der Waals surface area contributed by atoms with Crippen molar-refractivity contribution < 1.29 is 0 Å². The van der Waals surface area contributed by atoms with Crippen LogP contribution in [0.3, 0.4) is 0 Å². The largest absolute Gasteiger partial charge is 0.396 e. The third-order valence-corrected chi connectivity index (χ3v) is 3.46. The smallest absolute Gasteiger partial charge is 0.0693 e. The quantitative estimate of drug-likeness (QED) is 0.802. The van der Waals surface area contributed by atoms with Crippen LogP contribution in [0.25, 0.3) is 0 Å². The number of nitrogen functional groups attached to an aromatic ring is 1. The molecule has 0 spiro atoms. The fraction of sp³-hybridized carbons (Fsp3) is 0.455. The maximum Gasteiger partial charge on any atom is 0.0693 e. The molecule has 0 atom stereocenters. The summed E-state index contributed by atoms with van der Waals surface area (Å²) in [6.07, 6.45) is 3.88. The van der Waals surface area contributed by atoms with Crippen molar-refractivity contribution in [3.63, 3.8) is 0 Å². The van der Waals surface area contributed by atoms with Crippen LogP contribution < -0.4 is 11.1 Å². The zero-order chi connectivity index (χ0) is 10.8. The lowest BCUT2D eigenvalue weighted by molar-refractivity contribution is 0.338. The molecular weight excluding hydrogens is 231 g/mol. The summed E-state index contributed by atoms with van der Waals surface area (Å²) in [7, 11) is 0. The van der Waals surface area contributed by atoms with Crippen molar-refractivity contribution in [2.45, 2.75) is 31.8 Å². The van der Waals surface area contributed by atoms with Gasteiger partial charge in [-0.15, -0.1) is 0 Å². The van der Waals surface area contributed by atoms with Crippen molar-refractivity contribution >= 4 is 28.9 Å². The zero-order valence-corrected chi connectivity index (χ0v) is 9.91. The Bertz CT molecular complexity index is 339. The monoisotopic (exact) mass is 244 g/mol. The standard InChI is InChI=1S/C11H14Cl2N2/c12-9-4-7(5-10(13)11(9)14)6-15-8-2-1-3-8/h4-5,8,15H,1-3,6,14H2. The van der Waals surface area contributed by atoms with Crippen molar-refractivity contribution in [1.29, 1.82) is 0 Å². The average molecular weight is 245 g/mol. The van der Waals surface area contributed by atoms with Gasteiger partial charge in [-0.1, -0.05) is 29.6 Å². The first-order valence-electron chi connectivity index (χ1n) is 5.13. The highest BCUT2D eigenvalue weighted by Gasteiger charge is 2.16. The van der Waals surface area contributed by atoms with Gasteiger partial charge in [0.25, 0.3) is 0 Å². The van der Waals surface area contributed by atoms with E-state index in [0.29, 0.717) is 21.8 Å². The third kappa shape index (κ3) is 2.57. The molecule has 0 amide bonds. The van der Waals surface area contributed by atoms with Gasteiger partial charge in [0.15, 0.2) is 0 Å². The van der Waals surface area contributed by atoms with E-state index in [1.54, 1.807) is 0 Å². The lowest BCUT2D eigenvalue weighted by Gasteiger charge is -2.26. The van der Waals surface area contributed by atoms with Crippen molar-refractivity contribution in [3.05, 3.63) is 27.7 Å². The molecule has 0 aromatic heterocycles. The minimum atomic E-state index is 0.464. The summed E-state index contributed by atoms with van der Waals surface area (Å²) in [4.78, 5) is 0. The highest BCUT2D eigenvalue weighted by atomic mass is 35.5. The minimum Gasteiger partial charge on any atom is -0.396 e. The molecule has 2 rings (SSSR count). The molecule has 15 heavy (non-hydrogen) atoms. The second-order valence-corrected chi connectivity index (χ2v) is 4.80. The van der Waals surface area contributed by atoms with Crippen molar-refractivity contribution in [3.8, 4) is 0 Å². The number of anilines is 1. The van der Waals surface area contributed by atoms with Crippen LogP contribution in [0.5, 0.6) is 0 Å². The number of hydrogen-bond acceptors (Lipinski definition) is 2. The summed E-state index contributed by atoms with van der Waals surface area (Å²) in [5, 5.41) is 4.52. The van der Waals surface area contributed by atoms with E-state index in [9.17, 15) is 0 Å². The second-order valence-electron chi connectivity index (χ2n) is 3.98. The maximum atomic E-state index is 5.95. The van der Waals surface area contributed by atoms with Crippen LogP contribution >= 0.6 is 23.2 Å². The minimum absolute atomic E-state index is 0.464. The number of nitrogens with one attached hydrogen (secondary N) is 1. The summed E-state index contributed by atoms with van der Waals surface area (Å²) < 4.78 is 0. The predicted octanol–water partition coefficient (Wildman–Crippen LogP) is 3.22. The van der Waals surface area contributed by atoms with Crippen LogP contribution in [-0.2, 0) is 6.54 Å². The Balaban J connectivity index is 2.01. The summed E-state index contributed by atoms with van der Waals surface area (Å²) in [6.45, 7) is 0.810. The molecule has 0 heterocycles. The highest BCUT2D eigenvalue weighted by molar-refractivity contribution is 6.38. The summed E-state index contributed by atoms with van der Waals surface area (Å²) in [6, 6.07) is 4.41. The molecule has 1 saturated carbocycles. The van der Waals surface area contributed by atoms with Crippen LogP contribution in [0.4, 0.5) is 5.69 Å². The SMILES string of the molecule is Nc1c(Cl)cc(CNC2CCC2)cc1Cl. The summed E-state index contributed by atoms with van der Waals surface area (Å²) in [5.41, 5.74) is 7.21. The molecule has 0 unspecified atom stereocenters. The molecule has 3 N–H and O–H groups in total. The molecule has 4 heteroatoms. The normalized spacial score (nSPS) is 16.4. The fourth-order valence-electron chi connectivity index (χ4n) is 1.61. The molecule has 1 aromatic rings. The molecule has 1 fully saturated rings. The van der Waals surface area contributed by atoms with E-state index in [2.05, 4.69) is 5.32 Å². The predicted molar refractivity (Wildman–Crippen MR) is 65.4 cm³/mol. The first kappa shape index (κ1) is 11.1. The molecule has 0 saturated heterocycles. The molecule has 1 aromatic carbocycles. The van der Waals surface area contributed by atoms with E-state index in [1.807, 2.05) is 12.1 Å². The zero-order valence-electron chi connectivity index (χ0n) is 8.39. The Morgan fingerprint density at radius 3 is 2.33 bits per heavy atom. The van der Waals surface area contributed by atoms with Gasteiger partial charge in [0.1, 0.15) is 0 Å². The van der Waals surface area contributed by atoms with Gasteiger partial charge in [-0.2, -0.15) is 0 Å². The number of hydrogen-bond donors (Lipinski definition) is 2. The molecule has 1 aliphatic carbocycles. The van der Waals surface area contributed by atoms with Crippen LogP contribution in [0.2, 0.25) is 10.0 Å². The number of nitrogens with two attached hydrogens (primary N) is 1. The number of halogens is 2. The van der Waals surface area contributed by atoms with E-state index in [1.165, 1.54) is 19.3 Å². The van der Waals surface area contributed by atoms with Gasteiger partial charge in [0.05, 0.1) is 15.7 Å². The van der Waals surface area contributed by atoms with Crippen molar-refractivity contribution in [2.24, 2.45) is 0 Å². The molecule has 0 radical (unpaired) electrons. The van der Waals surface area contributed by atoms with Gasteiger partial charge in [-0.05, 0) is 30.5 Å². The molecule has 0 bridgehead atoms. The van der Waals surface area contributed by atoms with Gasteiger partial charge < -0.3 is 11.1 Å². The van der Waals surface area contributed by atoms with Crippen LogP contribution in [0.15, 0.2) is 12.1 Å². The first-order valence-corrected chi connectivity index (χ1v) is 5.89. The Labute approximate surface area is 99.7 Å². The van der Waals surface area contributed by atoms with Crippen molar-refractivity contribution in [1.82, 2.24) is 5.32 Å². The van der Waals surface area contributed by atoms with E-state index >= 15 is 0 Å². The maximum absolute atomic E-state index is 5.95. The lowest BCUT2D eigenvalue weighted by atomic mass is 9.93. The number of rotatable bonds is 3. The average Bonchev–Trinajstić information content (AvgIpc) is 2.11. The van der Waals surface area contributed by atoms with Crippen molar-refractivity contribution in [2.75, 3.05) is 5.73 Å². The molecule has 2 nitrogen and oxygen atoms in total. The van der Waals surface area contributed by atoms with Crippen LogP contribution in [0, 0.1) is 0 Å². The summed E-state index contributed by atoms with van der Waals surface area (Å²) in [5.74, 6) is 0. The van der Waals surface area contributed by atoms with Crippen LogP contribution in [-0.4, -0.2) is 6.04 Å². The molecule has 82 valence electrons. The third-order valence-electron chi connectivity index (χ3n) is 2.84. The van der Waals surface area contributed by atoms with Gasteiger partial charge in [0.2, 0.25) is 0 Å². The number of benzene rings is 1. The fourth-order valence-corrected chi connectivity index (χ4v) is 2.15. The van der Waals surface area contributed by atoms with Gasteiger partial charge >= 0.3 is 0 Å². The van der Waals surface area contributed by atoms with Gasteiger partial charge in [-0.25, -0.2) is 0 Å². The Morgan fingerprint density at radius 2 is 1.87 bits per heavy atom. The molecule has 0 aliphatic heterocycles. The van der Waals surface area contributed by atoms with E-state index < -0.39 is 0 Å². The molecule has 1 aliphatic rings. The van der Waals surface area contributed by atoms with E-state index in [-0.39, 0.29) is 0 Å². The Hall–Kier alpha value is -0.440. The first-order chi connectivity index (χ1) is 7.16.